The van der Waals surface area contributed by atoms with Crippen LogP contribution in [-0.2, 0) is 13.0 Å². The molecule has 1 aromatic carbocycles. The first kappa shape index (κ1) is 15.0. The molecule has 20 heavy (non-hydrogen) atoms. The van der Waals surface area contributed by atoms with Crippen LogP contribution >= 0.6 is 0 Å². The molecule has 0 amide bonds. The average molecular weight is 276 g/mol. The van der Waals surface area contributed by atoms with Gasteiger partial charge in [-0.15, -0.1) is 0 Å². The van der Waals surface area contributed by atoms with Crippen LogP contribution in [0.25, 0.3) is 0 Å². The van der Waals surface area contributed by atoms with E-state index >= 15 is 0 Å². The third-order valence-electron chi connectivity index (χ3n) is 4.20. The van der Waals surface area contributed by atoms with Crippen molar-refractivity contribution in [2.75, 3.05) is 32.7 Å². The van der Waals surface area contributed by atoms with E-state index in [1.54, 1.807) is 6.07 Å². The van der Waals surface area contributed by atoms with E-state index in [9.17, 15) is 9.90 Å². The molecule has 1 aliphatic heterocycles. The van der Waals surface area contributed by atoms with Crippen LogP contribution in [0.5, 0.6) is 0 Å². The number of benzene rings is 1. The Kier molecular flexibility index (Phi) is 5.15. The van der Waals surface area contributed by atoms with Crippen LogP contribution in [0.15, 0.2) is 18.2 Å². The van der Waals surface area contributed by atoms with Gasteiger partial charge in [-0.05, 0) is 36.7 Å². The standard InChI is InChI=1S/C16H24N2O2/c1-3-17(4-2)10-11-18-9-8-14-13(12-18)6-5-7-15(14)16(19)20/h5-7H,3-4,8-12H2,1-2H3,(H,19,20). The summed E-state index contributed by atoms with van der Waals surface area (Å²) in [5.41, 5.74) is 2.68. The Morgan fingerprint density at radius 3 is 2.75 bits per heavy atom. The third kappa shape index (κ3) is 3.38. The fourth-order valence-corrected chi connectivity index (χ4v) is 2.88. The van der Waals surface area contributed by atoms with Crippen molar-refractivity contribution in [3.8, 4) is 0 Å². The number of carboxylic acid groups (broad SMARTS) is 1. The molecule has 1 aromatic rings. The lowest BCUT2D eigenvalue weighted by Gasteiger charge is -2.31. The molecule has 0 aromatic heterocycles. The van der Waals surface area contributed by atoms with E-state index in [2.05, 4.69) is 29.7 Å². The lowest BCUT2D eigenvalue weighted by atomic mass is 9.94. The molecule has 0 radical (unpaired) electrons. The van der Waals surface area contributed by atoms with Crippen LogP contribution in [0.4, 0.5) is 0 Å². The molecule has 4 heteroatoms. The SMILES string of the molecule is CCN(CC)CCN1CCc2c(cccc2C(=O)O)C1. The zero-order chi connectivity index (χ0) is 14.5. The van der Waals surface area contributed by atoms with E-state index in [0.29, 0.717) is 5.56 Å². The molecule has 0 saturated heterocycles. The van der Waals surface area contributed by atoms with Crippen LogP contribution in [0, 0.1) is 0 Å². The van der Waals surface area contributed by atoms with Crippen molar-refractivity contribution in [3.63, 3.8) is 0 Å². The summed E-state index contributed by atoms with van der Waals surface area (Å²) in [5.74, 6) is -0.807. The van der Waals surface area contributed by atoms with E-state index in [-0.39, 0.29) is 0 Å². The highest BCUT2D eigenvalue weighted by molar-refractivity contribution is 5.89. The fraction of sp³-hybridized carbons (Fsp3) is 0.562. The first-order chi connectivity index (χ1) is 9.65. The van der Waals surface area contributed by atoms with Crippen molar-refractivity contribution >= 4 is 5.97 Å². The van der Waals surface area contributed by atoms with Crippen LogP contribution in [-0.4, -0.2) is 53.6 Å². The average Bonchev–Trinajstić information content (AvgIpc) is 2.47. The largest absolute Gasteiger partial charge is 0.478 e. The summed E-state index contributed by atoms with van der Waals surface area (Å²) in [6, 6.07) is 5.63. The number of carbonyl (C=O) groups is 1. The smallest absolute Gasteiger partial charge is 0.335 e. The minimum absolute atomic E-state index is 0.478. The van der Waals surface area contributed by atoms with Gasteiger partial charge in [-0.1, -0.05) is 26.0 Å². The normalized spacial score (nSPS) is 15.3. The highest BCUT2D eigenvalue weighted by Crippen LogP contribution is 2.22. The molecule has 0 bridgehead atoms. The van der Waals surface area contributed by atoms with Crippen LogP contribution in [0.1, 0.15) is 35.3 Å². The molecule has 0 aliphatic carbocycles. The number of rotatable bonds is 6. The number of carboxylic acids is 1. The van der Waals surface area contributed by atoms with Crippen molar-refractivity contribution in [2.24, 2.45) is 0 Å². The topological polar surface area (TPSA) is 43.8 Å². The van der Waals surface area contributed by atoms with Gasteiger partial charge in [-0.3, -0.25) is 4.90 Å². The summed E-state index contributed by atoms with van der Waals surface area (Å²) < 4.78 is 0. The van der Waals surface area contributed by atoms with Gasteiger partial charge >= 0.3 is 5.97 Å². The van der Waals surface area contributed by atoms with Crippen molar-refractivity contribution in [3.05, 3.63) is 34.9 Å². The monoisotopic (exact) mass is 276 g/mol. The third-order valence-corrected chi connectivity index (χ3v) is 4.20. The van der Waals surface area contributed by atoms with Gasteiger partial charge in [-0.2, -0.15) is 0 Å². The number of nitrogens with zero attached hydrogens (tertiary/aromatic N) is 2. The van der Waals surface area contributed by atoms with Gasteiger partial charge in [0.2, 0.25) is 0 Å². The second-order valence-corrected chi connectivity index (χ2v) is 5.30. The predicted molar refractivity (Wildman–Crippen MR) is 80.2 cm³/mol. The van der Waals surface area contributed by atoms with Gasteiger partial charge in [0, 0.05) is 26.2 Å². The second-order valence-electron chi connectivity index (χ2n) is 5.30. The highest BCUT2D eigenvalue weighted by Gasteiger charge is 2.21. The van der Waals surface area contributed by atoms with Crippen molar-refractivity contribution in [2.45, 2.75) is 26.8 Å². The molecule has 0 atom stereocenters. The Hall–Kier alpha value is -1.39. The van der Waals surface area contributed by atoms with E-state index in [0.717, 1.165) is 51.3 Å². The molecule has 0 spiro atoms. The van der Waals surface area contributed by atoms with E-state index < -0.39 is 5.97 Å². The molecule has 4 nitrogen and oxygen atoms in total. The summed E-state index contributed by atoms with van der Waals surface area (Å²) in [6.07, 6.45) is 0.843. The first-order valence-corrected chi connectivity index (χ1v) is 7.44. The van der Waals surface area contributed by atoms with Crippen molar-refractivity contribution in [1.29, 1.82) is 0 Å². The number of fused-ring (bicyclic) bond motifs is 1. The van der Waals surface area contributed by atoms with Gasteiger partial charge in [-0.25, -0.2) is 4.79 Å². The highest BCUT2D eigenvalue weighted by atomic mass is 16.4. The summed E-state index contributed by atoms with van der Waals surface area (Å²) in [5, 5.41) is 9.23. The lowest BCUT2D eigenvalue weighted by Crippen LogP contribution is -2.38. The maximum atomic E-state index is 11.2. The van der Waals surface area contributed by atoms with Crippen molar-refractivity contribution < 1.29 is 9.90 Å². The maximum Gasteiger partial charge on any atom is 0.335 e. The summed E-state index contributed by atoms with van der Waals surface area (Å²) in [6.45, 7) is 10.5. The zero-order valence-corrected chi connectivity index (χ0v) is 12.4. The predicted octanol–water partition coefficient (Wildman–Crippen LogP) is 2.08. The molecule has 1 heterocycles. The van der Waals surface area contributed by atoms with Gasteiger partial charge in [0.1, 0.15) is 0 Å². The number of likely N-dealkylation sites (N-methyl/N-ethyl adjacent to an activating group) is 1. The van der Waals surface area contributed by atoms with E-state index in [1.807, 2.05) is 6.07 Å². The molecular formula is C16H24N2O2. The molecule has 110 valence electrons. The fourth-order valence-electron chi connectivity index (χ4n) is 2.88. The van der Waals surface area contributed by atoms with Crippen molar-refractivity contribution in [1.82, 2.24) is 9.80 Å². The maximum absolute atomic E-state index is 11.2. The molecule has 0 fully saturated rings. The van der Waals surface area contributed by atoms with Gasteiger partial charge in [0.05, 0.1) is 5.56 Å². The Morgan fingerprint density at radius 1 is 1.35 bits per heavy atom. The van der Waals surface area contributed by atoms with Crippen LogP contribution < -0.4 is 0 Å². The first-order valence-electron chi connectivity index (χ1n) is 7.44. The van der Waals surface area contributed by atoms with Crippen LogP contribution in [0.3, 0.4) is 0 Å². The minimum atomic E-state index is -0.807. The van der Waals surface area contributed by atoms with E-state index in [1.165, 1.54) is 5.56 Å². The zero-order valence-electron chi connectivity index (χ0n) is 12.4. The van der Waals surface area contributed by atoms with Gasteiger partial charge in [0.25, 0.3) is 0 Å². The Morgan fingerprint density at radius 2 is 2.10 bits per heavy atom. The van der Waals surface area contributed by atoms with Gasteiger partial charge in [0.15, 0.2) is 0 Å². The molecule has 0 saturated carbocycles. The minimum Gasteiger partial charge on any atom is -0.478 e. The molecular weight excluding hydrogens is 252 g/mol. The number of aromatic carboxylic acids is 1. The quantitative estimate of drug-likeness (QED) is 0.864. The summed E-state index contributed by atoms with van der Waals surface area (Å²) in [4.78, 5) is 16.1. The lowest BCUT2D eigenvalue weighted by molar-refractivity contribution is 0.0694. The van der Waals surface area contributed by atoms with Crippen LogP contribution in [0.2, 0.25) is 0 Å². The molecule has 0 unspecified atom stereocenters. The summed E-state index contributed by atoms with van der Waals surface area (Å²) >= 11 is 0. The van der Waals surface area contributed by atoms with Gasteiger partial charge < -0.3 is 10.0 Å². The molecule has 1 aliphatic rings. The number of hydrogen-bond donors (Lipinski definition) is 1. The Labute approximate surface area is 121 Å². The molecule has 1 N–H and O–H groups in total. The Balaban J connectivity index is 2.01. The molecule has 2 rings (SSSR count). The number of hydrogen-bond acceptors (Lipinski definition) is 3. The van der Waals surface area contributed by atoms with E-state index in [4.69, 9.17) is 0 Å². The second kappa shape index (κ2) is 6.86. The Bertz CT molecular complexity index is 470. The summed E-state index contributed by atoms with van der Waals surface area (Å²) in [7, 11) is 0.